The van der Waals surface area contributed by atoms with E-state index in [9.17, 15) is 22.8 Å². The van der Waals surface area contributed by atoms with Crippen LogP contribution >= 0.6 is 31.9 Å². The van der Waals surface area contributed by atoms with Gasteiger partial charge < -0.3 is 9.55 Å². The van der Waals surface area contributed by atoms with Gasteiger partial charge in [-0.1, -0.05) is 70.0 Å². The van der Waals surface area contributed by atoms with Crippen LogP contribution in [0.3, 0.4) is 0 Å². The molecule has 0 radical (unpaired) electrons. The van der Waals surface area contributed by atoms with Crippen LogP contribution in [0.2, 0.25) is 0 Å². The lowest BCUT2D eigenvalue weighted by atomic mass is 10.1. The Kier molecular flexibility index (Phi) is 7.45. The van der Waals surface area contributed by atoms with Gasteiger partial charge in [0.25, 0.3) is 21.5 Å². The van der Waals surface area contributed by atoms with Crippen LogP contribution in [0.1, 0.15) is 21.6 Å². The number of aryl methyl sites for hydroxylation is 1. The van der Waals surface area contributed by atoms with Crippen LogP contribution in [0.15, 0.2) is 114 Å². The predicted octanol–water partition coefficient (Wildman–Crippen LogP) is 5.63. The Morgan fingerprint density at radius 2 is 1.63 bits per heavy atom. The number of amides is 1. The van der Waals surface area contributed by atoms with Crippen molar-refractivity contribution in [3.8, 4) is 5.69 Å². The Morgan fingerprint density at radius 1 is 0.884 bits per heavy atom. The lowest BCUT2D eigenvalue weighted by Gasteiger charge is -2.15. The van der Waals surface area contributed by atoms with Crippen molar-refractivity contribution in [3.05, 3.63) is 138 Å². The van der Waals surface area contributed by atoms with Crippen molar-refractivity contribution < 1.29 is 13.2 Å². The van der Waals surface area contributed by atoms with E-state index >= 15 is 0 Å². The lowest BCUT2D eigenvalue weighted by Crippen LogP contribution is -2.37. The van der Waals surface area contributed by atoms with E-state index < -0.39 is 27.2 Å². The minimum absolute atomic E-state index is 0.0409. The van der Waals surface area contributed by atoms with Gasteiger partial charge in [-0.25, -0.2) is 22.5 Å². The number of carbonyl (C=O) groups is 1. The Balaban J connectivity index is 1.68. The number of para-hydroxylation sites is 1. The largest absolute Gasteiger partial charge is 0.333 e. The Morgan fingerprint density at radius 3 is 2.40 bits per heavy atom. The summed E-state index contributed by atoms with van der Waals surface area (Å²) in [6.07, 6.45) is 0. The zero-order valence-electron chi connectivity index (χ0n) is 22.5. The summed E-state index contributed by atoms with van der Waals surface area (Å²) >= 11 is 6.71. The lowest BCUT2D eigenvalue weighted by molar-refractivity contribution is 0.0973. The van der Waals surface area contributed by atoms with Crippen LogP contribution in [0, 0.1) is 6.92 Å². The van der Waals surface area contributed by atoms with Gasteiger partial charge in [-0.2, -0.15) is 0 Å². The van der Waals surface area contributed by atoms with E-state index in [0.29, 0.717) is 20.9 Å². The van der Waals surface area contributed by atoms with Crippen molar-refractivity contribution in [2.24, 2.45) is 0 Å². The van der Waals surface area contributed by atoms with Gasteiger partial charge in [0.2, 0.25) is 0 Å². The SMILES string of the molecule is Cc1cccc(Cn2c(C(=O)NS(=O)(=O)c3ccccc3Br)c(-n3c(=O)[nH]c4ccccc4c3=O)c3cc(Br)ccc32)c1. The number of rotatable bonds is 6. The fraction of sp³-hybridized carbons (Fsp3) is 0.0645. The zero-order valence-corrected chi connectivity index (χ0v) is 26.5. The molecule has 0 saturated heterocycles. The first kappa shape index (κ1) is 28.8. The quantitative estimate of drug-likeness (QED) is 0.231. The number of sulfonamides is 1. The second-order valence-electron chi connectivity index (χ2n) is 9.92. The molecule has 1 amide bonds. The average molecular weight is 722 g/mol. The van der Waals surface area contributed by atoms with Crippen molar-refractivity contribution in [2.75, 3.05) is 0 Å². The van der Waals surface area contributed by atoms with Crippen LogP contribution in [0.5, 0.6) is 0 Å². The number of aromatic amines is 1. The van der Waals surface area contributed by atoms with Gasteiger partial charge in [0.15, 0.2) is 0 Å². The second kappa shape index (κ2) is 11.1. The molecule has 2 aromatic heterocycles. The van der Waals surface area contributed by atoms with Gasteiger partial charge >= 0.3 is 5.69 Å². The van der Waals surface area contributed by atoms with Crippen molar-refractivity contribution >= 4 is 69.6 Å². The maximum Gasteiger partial charge on any atom is 0.333 e. The number of H-pyrrole nitrogens is 1. The van der Waals surface area contributed by atoms with E-state index in [1.54, 1.807) is 59.2 Å². The standard InChI is InChI=1S/C31H22Br2N4O5S/c1-18-7-6-8-19(15-18)17-36-25-14-13-20(32)16-22(25)27(37-30(39)21-9-2-4-11-24(21)34-31(37)40)28(36)29(38)35-43(41,42)26-12-5-3-10-23(26)33/h2-16H,17H2,1H3,(H,34,40)(H,35,38). The number of aromatic nitrogens is 3. The molecule has 0 bridgehead atoms. The van der Waals surface area contributed by atoms with Gasteiger partial charge in [0.05, 0.1) is 22.1 Å². The van der Waals surface area contributed by atoms with Crippen molar-refractivity contribution in [1.29, 1.82) is 0 Å². The number of fused-ring (bicyclic) bond motifs is 2. The van der Waals surface area contributed by atoms with E-state index in [-0.39, 0.29) is 32.7 Å². The smallest absolute Gasteiger partial charge is 0.330 e. The van der Waals surface area contributed by atoms with E-state index in [1.807, 2.05) is 31.2 Å². The highest BCUT2D eigenvalue weighted by atomic mass is 79.9. The molecule has 0 fully saturated rings. The highest BCUT2D eigenvalue weighted by molar-refractivity contribution is 9.10. The summed E-state index contributed by atoms with van der Waals surface area (Å²) in [6.45, 7) is 2.09. The molecule has 0 spiro atoms. The number of nitrogens with one attached hydrogen (secondary N) is 2. The highest BCUT2D eigenvalue weighted by Crippen LogP contribution is 2.33. The first-order valence-corrected chi connectivity index (χ1v) is 16.1. The van der Waals surface area contributed by atoms with E-state index in [0.717, 1.165) is 15.7 Å². The number of carbonyl (C=O) groups excluding carboxylic acids is 1. The minimum Gasteiger partial charge on any atom is -0.330 e. The third-order valence-corrected chi connectivity index (χ3v) is 9.86. The average Bonchev–Trinajstić information content (AvgIpc) is 3.25. The van der Waals surface area contributed by atoms with Crippen molar-refractivity contribution in [2.45, 2.75) is 18.4 Å². The second-order valence-corrected chi connectivity index (χ2v) is 13.3. The van der Waals surface area contributed by atoms with Gasteiger partial charge in [-0.3, -0.25) is 9.59 Å². The summed E-state index contributed by atoms with van der Waals surface area (Å²) in [5, 5.41) is 0.622. The van der Waals surface area contributed by atoms with Crippen LogP contribution in [0.4, 0.5) is 0 Å². The summed E-state index contributed by atoms with van der Waals surface area (Å²) < 4.78 is 32.5. The van der Waals surface area contributed by atoms with Crippen LogP contribution < -0.4 is 16.0 Å². The summed E-state index contributed by atoms with van der Waals surface area (Å²) in [4.78, 5) is 44.2. The normalized spacial score (nSPS) is 11.7. The molecule has 0 aliphatic rings. The zero-order chi connectivity index (χ0) is 30.5. The maximum atomic E-state index is 14.2. The number of nitrogens with zero attached hydrogens (tertiary/aromatic N) is 2. The van der Waals surface area contributed by atoms with Gasteiger partial charge in [0, 0.05) is 20.9 Å². The van der Waals surface area contributed by atoms with Gasteiger partial charge in [-0.15, -0.1) is 0 Å². The Labute approximate surface area is 262 Å². The predicted molar refractivity (Wildman–Crippen MR) is 172 cm³/mol. The molecule has 6 aromatic rings. The highest BCUT2D eigenvalue weighted by Gasteiger charge is 2.30. The number of hydrogen-bond donors (Lipinski definition) is 2. The number of halogens is 2. The number of hydrogen-bond acceptors (Lipinski definition) is 5. The molecule has 43 heavy (non-hydrogen) atoms. The fourth-order valence-corrected chi connectivity index (χ4v) is 7.49. The van der Waals surface area contributed by atoms with Gasteiger partial charge in [-0.05, 0) is 70.9 Å². The third kappa shape index (κ3) is 5.26. The van der Waals surface area contributed by atoms with Crippen molar-refractivity contribution in [3.63, 3.8) is 0 Å². The van der Waals surface area contributed by atoms with Crippen LogP contribution in [-0.2, 0) is 16.6 Å². The monoisotopic (exact) mass is 720 g/mol. The molecule has 2 N–H and O–H groups in total. The van der Waals surface area contributed by atoms with E-state index in [4.69, 9.17) is 0 Å². The van der Waals surface area contributed by atoms with Crippen LogP contribution in [-0.4, -0.2) is 28.4 Å². The summed E-state index contributed by atoms with van der Waals surface area (Å²) in [7, 11) is -4.38. The molecule has 0 aliphatic carbocycles. The Bertz CT molecular complexity index is 2320. The molecular formula is C31H22Br2N4O5S. The molecule has 0 unspecified atom stereocenters. The molecule has 216 valence electrons. The first-order chi connectivity index (χ1) is 20.5. The maximum absolute atomic E-state index is 14.2. The summed E-state index contributed by atoms with van der Waals surface area (Å²) in [6, 6.07) is 25.5. The molecule has 0 saturated carbocycles. The molecular weight excluding hydrogens is 700 g/mol. The first-order valence-electron chi connectivity index (χ1n) is 13.0. The summed E-state index contributed by atoms with van der Waals surface area (Å²) in [5.41, 5.74) is 1.02. The van der Waals surface area contributed by atoms with Crippen molar-refractivity contribution in [1.82, 2.24) is 18.8 Å². The topological polar surface area (TPSA) is 123 Å². The molecule has 0 aliphatic heterocycles. The molecule has 0 atom stereocenters. The van der Waals surface area contributed by atoms with E-state index in [2.05, 4.69) is 41.6 Å². The molecule has 4 aromatic carbocycles. The minimum atomic E-state index is -4.38. The van der Waals surface area contributed by atoms with Gasteiger partial charge in [0.1, 0.15) is 10.6 Å². The molecule has 2 heterocycles. The molecule has 6 rings (SSSR count). The molecule has 9 nitrogen and oxygen atoms in total. The molecule has 12 heteroatoms. The number of benzene rings is 4. The summed E-state index contributed by atoms with van der Waals surface area (Å²) in [5.74, 6) is -1.01. The van der Waals surface area contributed by atoms with E-state index in [1.165, 1.54) is 12.1 Å². The Hall–Kier alpha value is -4.26. The van der Waals surface area contributed by atoms with Crippen LogP contribution in [0.25, 0.3) is 27.5 Å². The fourth-order valence-electron chi connectivity index (χ4n) is 5.18. The third-order valence-electron chi connectivity index (χ3n) is 7.02.